The van der Waals surface area contributed by atoms with Gasteiger partial charge in [0.25, 0.3) is 0 Å². The third kappa shape index (κ3) is 4.94. The molecule has 0 bridgehead atoms. The molecular formula is C11H24N2O. The lowest BCUT2D eigenvalue weighted by molar-refractivity contribution is 0.0757. The third-order valence-corrected chi connectivity index (χ3v) is 2.63. The molecule has 1 saturated carbocycles. The molecule has 0 aromatic carbocycles. The number of nitrogens with two attached hydrogens (primary N) is 1. The fourth-order valence-electron chi connectivity index (χ4n) is 1.68. The van der Waals surface area contributed by atoms with E-state index in [1.54, 1.807) is 0 Å². The van der Waals surface area contributed by atoms with Crippen LogP contribution in [0.3, 0.4) is 0 Å². The second kappa shape index (κ2) is 6.38. The van der Waals surface area contributed by atoms with Crippen LogP contribution in [-0.4, -0.2) is 31.3 Å². The first-order valence-electron chi connectivity index (χ1n) is 5.79. The van der Waals surface area contributed by atoms with E-state index >= 15 is 0 Å². The summed E-state index contributed by atoms with van der Waals surface area (Å²) in [6.07, 6.45) is 5.04. The van der Waals surface area contributed by atoms with E-state index in [0.29, 0.717) is 18.2 Å². The molecule has 1 fully saturated rings. The maximum Gasteiger partial charge on any atom is 0.0518 e. The fourth-order valence-corrected chi connectivity index (χ4v) is 1.68. The zero-order valence-corrected chi connectivity index (χ0v) is 9.46. The predicted molar refractivity (Wildman–Crippen MR) is 59.3 cm³/mol. The van der Waals surface area contributed by atoms with Crippen LogP contribution in [-0.2, 0) is 4.74 Å². The summed E-state index contributed by atoms with van der Waals surface area (Å²) in [4.78, 5) is 0. The van der Waals surface area contributed by atoms with Gasteiger partial charge in [-0.3, -0.25) is 0 Å². The second-order valence-electron chi connectivity index (χ2n) is 4.51. The normalized spacial score (nSPS) is 26.6. The standard InChI is InChI=1S/C11H24N2O/c1-9(2)14-6-4-3-5-13-11-7-10(12)8-11/h9-11,13H,3-8,12H2,1-2H3. The lowest BCUT2D eigenvalue weighted by Gasteiger charge is -2.33. The first-order chi connectivity index (χ1) is 6.68. The molecule has 3 heteroatoms. The van der Waals surface area contributed by atoms with E-state index in [2.05, 4.69) is 19.2 Å². The third-order valence-electron chi connectivity index (χ3n) is 2.63. The van der Waals surface area contributed by atoms with Gasteiger partial charge >= 0.3 is 0 Å². The van der Waals surface area contributed by atoms with Crippen LogP contribution in [0.25, 0.3) is 0 Å². The number of hydrogen-bond donors (Lipinski definition) is 2. The first kappa shape index (κ1) is 12.0. The van der Waals surface area contributed by atoms with Crippen molar-refractivity contribution < 1.29 is 4.74 Å². The highest BCUT2D eigenvalue weighted by atomic mass is 16.5. The summed E-state index contributed by atoms with van der Waals surface area (Å²) in [6.45, 7) is 6.16. The van der Waals surface area contributed by atoms with Crippen LogP contribution in [0.5, 0.6) is 0 Å². The van der Waals surface area contributed by atoms with Gasteiger partial charge in [0, 0.05) is 18.7 Å². The Kier molecular flexibility index (Phi) is 5.45. The first-order valence-corrected chi connectivity index (χ1v) is 5.79. The van der Waals surface area contributed by atoms with Gasteiger partial charge in [-0.15, -0.1) is 0 Å². The Morgan fingerprint density at radius 3 is 2.64 bits per heavy atom. The average Bonchev–Trinajstić information content (AvgIpc) is 2.07. The second-order valence-corrected chi connectivity index (χ2v) is 4.51. The van der Waals surface area contributed by atoms with Crippen molar-refractivity contribution in [2.75, 3.05) is 13.2 Å². The Morgan fingerprint density at radius 1 is 1.36 bits per heavy atom. The van der Waals surface area contributed by atoms with Gasteiger partial charge in [0.05, 0.1) is 6.10 Å². The van der Waals surface area contributed by atoms with Gasteiger partial charge in [0.2, 0.25) is 0 Å². The Morgan fingerprint density at radius 2 is 2.07 bits per heavy atom. The van der Waals surface area contributed by atoms with Crippen molar-refractivity contribution in [1.29, 1.82) is 0 Å². The minimum absolute atomic E-state index is 0.368. The van der Waals surface area contributed by atoms with Gasteiger partial charge in [0.1, 0.15) is 0 Å². The Hall–Kier alpha value is -0.120. The maximum absolute atomic E-state index is 5.69. The minimum Gasteiger partial charge on any atom is -0.379 e. The quantitative estimate of drug-likeness (QED) is 0.608. The van der Waals surface area contributed by atoms with Crippen molar-refractivity contribution in [1.82, 2.24) is 5.32 Å². The molecule has 0 heterocycles. The fraction of sp³-hybridized carbons (Fsp3) is 1.00. The van der Waals surface area contributed by atoms with Crippen molar-refractivity contribution in [3.05, 3.63) is 0 Å². The number of unbranched alkanes of at least 4 members (excludes halogenated alkanes) is 1. The molecule has 1 aliphatic carbocycles. The van der Waals surface area contributed by atoms with Gasteiger partial charge in [0.15, 0.2) is 0 Å². The van der Waals surface area contributed by atoms with E-state index in [0.717, 1.165) is 32.4 Å². The van der Waals surface area contributed by atoms with Crippen molar-refractivity contribution in [2.24, 2.45) is 5.73 Å². The average molecular weight is 200 g/mol. The highest BCUT2D eigenvalue weighted by Crippen LogP contribution is 2.16. The highest BCUT2D eigenvalue weighted by molar-refractivity contribution is 4.87. The van der Waals surface area contributed by atoms with Crippen LogP contribution < -0.4 is 11.1 Å². The molecule has 0 spiro atoms. The monoisotopic (exact) mass is 200 g/mol. The van der Waals surface area contributed by atoms with E-state index in [4.69, 9.17) is 10.5 Å². The van der Waals surface area contributed by atoms with E-state index in [1.165, 1.54) is 6.42 Å². The molecule has 0 saturated heterocycles. The van der Waals surface area contributed by atoms with Gasteiger partial charge < -0.3 is 15.8 Å². The molecule has 0 amide bonds. The molecule has 0 aliphatic heterocycles. The SMILES string of the molecule is CC(C)OCCCCNC1CC(N)C1. The molecule has 3 nitrogen and oxygen atoms in total. The lowest BCUT2D eigenvalue weighted by atomic mass is 9.87. The Labute approximate surface area is 87.4 Å². The summed E-state index contributed by atoms with van der Waals surface area (Å²) in [5, 5.41) is 3.50. The highest BCUT2D eigenvalue weighted by Gasteiger charge is 2.24. The van der Waals surface area contributed by atoms with Crippen LogP contribution in [0.2, 0.25) is 0 Å². The number of ether oxygens (including phenoxy) is 1. The van der Waals surface area contributed by atoms with Crippen molar-refractivity contribution in [2.45, 2.75) is 57.7 Å². The molecule has 0 unspecified atom stereocenters. The van der Waals surface area contributed by atoms with Crippen LogP contribution in [0.1, 0.15) is 39.5 Å². The summed E-state index contributed by atoms with van der Waals surface area (Å²) in [5.41, 5.74) is 5.69. The van der Waals surface area contributed by atoms with Crippen molar-refractivity contribution >= 4 is 0 Å². The van der Waals surface area contributed by atoms with E-state index < -0.39 is 0 Å². The van der Waals surface area contributed by atoms with Crippen LogP contribution >= 0.6 is 0 Å². The van der Waals surface area contributed by atoms with Crippen molar-refractivity contribution in [3.63, 3.8) is 0 Å². The summed E-state index contributed by atoms with van der Waals surface area (Å²) < 4.78 is 5.46. The minimum atomic E-state index is 0.368. The molecule has 1 aliphatic rings. The summed E-state index contributed by atoms with van der Waals surface area (Å²) in [6, 6.07) is 1.15. The Bertz CT molecular complexity index is 144. The number of hydrogen-bond acceptors (Lipinski definition) is 3. The van der Waals surface area contributed by atoms with Gasteiger partial charge in [-0.1, -0.05) is 0 Å². The maximum atomic E-state index is 5.69. The number of rotatable bonds is 7. The molecule has 0 atom stereocenters. The zero-order chi connectivity index (χ0) is 10.4. The van der Waals surface area contributed by atoms with Crippen LogP contribution in [0.4, 0.5) is 0 Å². The largest absolute Gasteiger partial charge is 0.379 e. The van der Waals surface area contributed by atoms with Gasteiger partial charge in [-0.05, 0) is 46.1 Å². The topological polar surface area (TPSA) is 47.3 Å². The summed E-state index contributed by atoms with van der Waals surface area (Å²) in [7, 11) is 0. The van der Waals surface area contributed by atoms with Gasteiger partial charge in [-0.25, -0.2) is 0 Å². The molecule has 1 rings (SSSR count). The number of nitrogens with one attached hydrogen (secondary N) is 1. The van der Waals surface area contributed by atoms with Crippen LogP contribution in [0.15, 0.2) is 0 Å². The smallest absolute Gasteiger partial charge is 0.0518 e. The molecule has 14 heavy (non-hydrogen) atoms. The summed E-state index contributed by atoms with van der Waals surface area (Å²) >= 11 is 0. The lowest BCUT2D eigenvalue weighted by Crippen LogP contribution is -2.48. The molecule has 0 aromatic rings. The predicted octanol–water partition coefficient (Wildman–Crippen LogP) is 1.27. The molecular weight excluding hydrogens is 176 g/mol. The molecule has 0 aromatic heterocycles. The summed E-state index contributed by atoms with van der Waals surface area (Å²) in [5.74, 6) is 0. The molecule has 84 valence electrons. The van der Waals surface area contributed by atoms with E-state index in [-0.39, 0.29) is 0 Å². The van der Waals surface area contributed by atoms with Crippen LogP contribution in [0, 0.1) is 0 Å². The van der Waals surface area contributed by atoms with E-state index in [1.807, 2.05) is 0 Å². The Balaban J connectivity index is 1.76. The molecule has 3 N–H and O–H groups in total. The van der Waals surface area contributed by atoms with Gasteiger partial charge in [-0.2, -0.15) is 0 Å². The zero-order valence-electron chi connectivity index (χ0n) is 9.46. The molecule has 0 radical (unpaired) electrons. The van der Waals surface area contributed by atoms with E-state index in [9.17, 15) is 0 Å². The van der Waals surface area contributed by atoms with Crippen molar-refractivity contribution in [3.8, 4) is 0 Å².